The number of fused-ring (bicyclic) bond motifs is 1. The van der Waals surface area contributed by atoms with Crippen molar-refractivity contribution < 1.29 is 23.8 Å². The summed E-state index contributed by atoms with van der Waals surface area (Å²) in [7, 11) is 0. The van der Waals surface area contributed by atoms with Gasteiger partial charge in [-0.05, 0) is 68.2 Å². The molecule has 2 aromatic rings. The van der Waals surface area contributed by atoms with E-state index in [9.17, 15) is 14.3 Å². The fraction of sp³-hybridized carbons (Fsp3) is 0.577. The van der Waals surface area contributed by atoms with Crippen molar-refractivity contribution >= 4 is 17.2 Å². The van der Waals surface area contributed by atoms with Crippen molar-refractivity contribution in [3.05, 3.63) is 52.0 Å². The van der Waals surface area contributed by atoms with Gasteiger partial charge in [0.25, 0.3) is 0 Å². The first-order valence-electron chi connectivity index (χ1n) is 12.1. The molecule has 2 atom stereocenters. The number of halogens is 1. The summed E-state index contributed by atoms with van der Waals surface area (Å²) in [4.78, 5) is 18.8. The summed E-state index contributed by atoms with van der Waals surface area (Å²) >= 11 is 1.70. The average molecular weight is 491 g/mol. The van der Waals surface area contributed by atoms with Gasteiger partial charge in [-0.1, -0.05) is 6.07 Å². The van der Waals surface area contributed by atoms with Gasteiger partial charge in [0.1, 0.15) is 18.2 Å². The predicted molar refractivity (Wildman–Crippen MR) is 131 cm³/mol. The molecule has 8 heteroatoms. The Labute approximate surface area is 205 Å². The van der Waals surface area contributed by atoms with Crippen molar-refractivity contribution in [2.45, 2.75) is 51.4 Å². The van der Waals surface area contributed by atoms with Gasteiger partial charge in [0.15, 0.2) is 0 Å². The van der Waals surface area contributed by atoms with Crippen LogP contribution in [0.3, 0.4) is 0 Å². The first kappa shape index (κ1) is 25.1. The number of thiophene rings is 1. The molecule has 4 rings (SSSR count). The van der Waals surface area contributed by atoms with Crippen LogP contribution in [0.15, 0.2) is 35.7 Å². The summed E-state index contributed by atoms with van der Waals surface area (Å²) in [5.41, 5.74) is 1.11. The third kappa shape index (κ3) is 7.01. The van der Waals surface area contributed by atoms with Crippen LogP contribution in [0, 0.1) is 11.7 Å². The largest absolute Gasteiger partial charge is 0.491 e. The summed E-state index contributed by atoms with van der Waals surface area (Å²) in [6, 6.07) is 7.94. The van der Waals surface area contributed by atoms with Gasteiger partial charge in [-0.25, -0.2) is 4.39 Å². The number of hydrogen-bond acceptors (Lipinski definition) is 6. The topological polar surface area (TPSA) is 62.2 Å². The minimum absolute atomic E-state index is 0.0299. The molecule has 0 radical (unpaired) electrons. The van der Waals surface area contributed by atoms with E-state index in [4.69, 9.17) is 9.47 Å². The van der Waals surface area contributed by atoms with Crippen LogP contribution in [-0.2, 0) is 16.0 Å². The van der Waals surface area contributed by atoms with Crippen LogP contribution in [-0.4, -0.2) is 72.4 Å². The molecule has 1 amide bonds. The molecular formula is C26H35FN2O4S. The Kier molecular flexibility index (Phi) is 8.58. The highest BCUT2D eigenvalue weighted by atomic mass is 32.1. The molecule has 6 nitrogen and oxygen atoms in total. The van der Waals surface area contributed by atoms with E-state index in [0.717, 1.165) is 18.5 Å². The van der Waals surface area contributed by atoms with Crippen LogP contribution in [0.1, 0.15) is 43.2 Å². The van der Waals surface area contributed by atoms with E-state index in [0.29, 0.717) is 24.8 Å². The van der Waals surface area contributed by atoms with Crippen molar-refractivity contribution in [2.75, 3.05) is 39.4 Å². The molecule has 1 aromatic carbocycles. The molecule has 0 spiro atoms. The van der Waals surface area contributed by atoms with Crippen LogP contribution in [0.25, 0.3) is 0 Å². The number of hydrogen-bond donors (Lipinski definition) is 1. The van der Waals surface area contributed by atoms with Gasteiger partial charge in [-0.3, -0.25) is 9.69 Å². The van der Waals surface area contributed by atoms with Crippen LogP contribution in [0.2, 0.25) is 0 Å². The van der Waals surface area contributed by atoms with Gasteiger partial charge in [-0.15, -0.1) is 11.3 Å². The second-order valence-electron chi connectivity index (χ2n) is 9.59. The Morgan fingerprint density at radius 1 is 1.32 bits per heavy atom. The minimum atomic E-state index is -0.633. The Balaban J connectivity index is 1.43. The number of benzene rings is 1. The van der Waals surface area contributed by atoms with Crippen molar-refractivity contribution in [1.82, 2.24) is 9.80 Å². The molecule has 1 aromatic heterocycles. The Morgan fingerprint density at radius 3 is 2.88 bits per heavy atom. The monoisotopic (exact) mass is 490 g/mol. The zero-order valence-corrected chi connectivity index (χ0v) is 20.8. The Morgan fingerprint density at radius 2 is 2.15 bits per heavy atom. The Bertz CT molecular complexity index is 948. The number of amides is 1. The maximum absolute atomic E-state index is 13.6. The van der Waals surface area contributed by atoms with Crippen LogP contribution in [0.4, 0.5) is 4.39 Å². The predicted octanol–water partition coefficient (Wildman–Crippen LogP) is 3.89. The molecule has 2 heterocycles. The lowest BCUT2D eigenvalue weighted by Gasteiger charge is -2.37. The van der Waals surface area contributed by atoms with Gasteiger partial charge in [0.05, 0.1) is 31.4 Å². The van der Waals surface area contributed by atoms with Crippen molar-refractivity contribution in [3.63, 3.8) is 0 Å². The van der Waals surface area contributed by atoms with E-state index >= 15 is 0 Å². The van der Waals surface area contributed by atoms with E-state index in [1.54, 1.807) is 23.5 Å². The highest BCUT2D eigenvalue weighted by Gasteiger charge is 2.34. The molecule has 1 fully saturated rings. The van der Waals surface area contributed by atoms with E-state index in [1.807, 2.05) is 18.7 Å². The van der Waals surface area contributed by atoms with E-state index in [-0.39, 0.29) is 43.6 Å². The number of carbonyl (C=O) groups excluding carboxylic acids is 1. The number of rotatable bonds is 12. The molecule has 0 unspecified atom stereocenters. The standard InChI is InChI=1S/C26H35FN2O4S/c1-18(2)32-16-21(30)14-28(13-19-6-7-19)15-26(31)29-10-8-25-23(9-11-34-25)24(29)17-33-22-5-3-4-20(27)12-22/h3-5,9,11-12,18-19,21,24,30H,6-8,10,13-17H2,1-2H3/t21-,24+/m1/s1. The van der Waals surface area contributed by atoms with Gasteiger partial charge in [0, 0.05) is 30.6 Å². The summed E-state index contributed by atoms with van der Waals surface area (Å²) in [5, 5.41) is 12.5. The molecule has 1 aliphatic carbocycles. The highest BCUT2D eigenvalue weighted by Crippen LogP contribution is 2.34. The minimum Gasteiger partial charge on any atom is -0.491 e. The van der Waals surface area contributed by atoms with Crippen LogP contribution in [0.5, 0.6) is 5.75 Å². The van der Waals surface area contributed by atoms with Crippen LogP contribution < -0.4 is 4.74 Å². The number of aliphatic hydroxyl groups is 1. The Hall–Kier alpha value is -2.00. The summed E-state index contributed by atoms with van der Waals surface area (Å²) in [6.45, 7) is 6.53. The zero-order chi connectivity index (χ0) is 24.1. The smallest absolute Gasteiger partial charge is 0.237 e. The normalized spacial score (nSPS) is 18.9. The first-order chi connectivity index (χ1) is 16.4. The average Bonchev–Trinajstić information content (AvgIpc) is 3.47. The number of nitrogens with zero attached hydrogens (tertiary/aromatic N) is 2. The molecule has 34 heavy (non-hydrogen) atoms. The fourth-order valence-corrected chi connectivity index (χ4v) is 5.34. The molecule has 186 valence electrons. The lowest BCUT2D eigenvalue weighted by Crippen LogP contribution is -2.48. The SMILES string of the molecule is CC(C)OC[C@H](O)CN(CC(=O)N1CCc2sccc2[C@@H]1COc1cccc(F)c1)CC1CC1. The number of aliphatic hydroxyl groups excluding tert-OH is 1. The molecule has 0 saturated heterocycles. The molecule has 0 bridgehead atoms. The lowest BCUT2D eigenvalue weighted by atomic mass is 10.0. The fourth-order valence-electron chi connectivity index (χ4n) is 4.41. The zero-order valence-electron chi connectivity index (χ0n) is 20.0. The molecule has 1 N–H and O–H groups in total. The first-order valence-corrected chi connectivity index (χ1v) is 13.0. The van der Waals surface area contributed by atoms with Crippen molar-refractivity contribution in [2.24, 2.45) is 5.92 Å². The maximum Gasteiger partial charge on any atom is 0.237 e. The summed E-state index contributed by atoms with van der Waals surface area (Å²) < 4.78 is 25.1. The van der Waals surface area contributed by atoms with Gasteiger partial charge >= 0.3 is 0 Å². The second kappa shape index (κ2) is 11.6. The van der Waals surface area contributed by atoms with Crippen molar-refractivity contribution in [3.8, 4) is 5.75 Å². The highest BCUT2D eigenvalue weighted by molar-refractivity contribution is 7.10. The number of ether oxygens (including phenoxy) is 2. The molecule has 1 saturated carbocycles. The number of carbonyl (C=O) groups is 1. The van der Waals surface area contributed by atoms with Gasteiger partial charge < -0.3 is 19.5 Å². The van der Waals surface area contributed by atoms with E-state index in [2.05, 4.69) is 16.3 Å². The van der Waals surface area contributed by atoms with Gasteiger partial charge in [0.2, 0.25) is 5.91 Å². The third-order valence-corrected chi connectivity index (χ3v) is 7.28. The van der Waals surface area contributed by atoms with E-state index < -0.39 is 6.10 Å². The quantitative estimate of drug-likeness (QED) is 0.489. The summed E-state index contributed by atoms with van der Waals surface area (Å²) in [6.07, 6.45) is 2.60. The second-order valence-corrected chi connectivity index (χ2v) is 10.6. The van der Waals surface area contributed by atoms with Crippen LogP contribution >= 0.6 is 11.3 Å². The molecule has 2 aliphatic rings. The molecular weight excluding hydrogens is 455 g/mol. The maximum atomic E-state index is 13.6. The third-order valence-electron chi connectivity index (χ3n) is 6.28. The van der Waals surface area contributed by atoms with E-state index in [1.165, 1.54) is 29.9 Å². The van der Waals surface area contributed by atoms with Crippen molar-refractivity contribution in [1.29, 1.82) is 0 Å². The lowest BCUT2D eigenvalue weighted by molar-refractivity contribution is -0.136. The summed E-state index contributed by atoms with van der Waals surface area (Å²) in [5.74, 6) is 0.740. The molecule has 1 aliphatic heterocycles. The van der Waals surface area contributed by atoms with Gasteiger partial charge in [-0.2, -0.15) is 0 Å².